The van der Waals surface area contributed by atoms with Crippen molar-refractivity contribution in [2.75, 3.05) is 0 Å². The van der Waals surface area contributed by atoms with Crippen molar-refractivity contribution in [3.63, 3.8) is 0 Å². The molecule has 134 valence electrons. The first-order valence-electron chi connectivity index (χ1n) is 8.03. The van der Waals surface area contributed by atoms with Crippen LogP contribution in [0.5, 0.6) is 0 Å². The van der Waals surface area contributed by atoms with Gasteiger partial charge in [-0.1, -0.05) is 11.8 Å². The molecule has 0 spiro atoms. The molecule has 0 amide bonds. The maximum Gasteiger partial charge on any atom is 0.277 e. The molecular weight excluding hydrogens is 352 g/mol. The number of aromatic amines is 1. The van der Waals surface area contributed by atoms with Crippen LogP contribution >= 0.6 is 11.8 Å². The SMILES string of the molecule is CC(=O)c1c(C)[nH]c(C(=O)[C@@H](C)Sc2nnc(-c3cccnc3)o2)c1C. The van der Waals surface area contributed by atoms with E-state index in [2.05, 4.69) is 20.2 Å². The number of nitrogens with one attached hydrogen (secondary N) is 1. The minimum atomic E-state index is -0.450. The molecule has 0 saturated heterocycles. The van der Waals surface area contributed by atoms with Crippen LogP contribution in [0, 0.1) is 13.8 Å². The zero-order valence-corrected chi connectivity index (χ0v) is 15.7. The monoisotopic (exact) mass is 370 g/mol. The fraction of sp³-hybridized carbons (Fsp3) is 0.278. The van der Waals surface area contributed by atoms with E-state index in [1.54, 1.807) is 39.2 Å². The van der Waals surface area contributed by atoms with Gasteiger partial charge in [0, 0.05) is 23.7 Å². The summed E-state index contributed by atoms with van der Waals surface area (Å²) in [5, 5.41) is 7.83. The molecule has 3 aromatic heterocycles. The molecule has 8 heteroatoms. The third kappa shape index (κ3) is 3.45. The summed E-state index contributed by atoms with van der Waals surface area (Å²) in [5.41, 5.74) is 3.11. The molecule has 26 heavy (non-hydrogen) atoms. The molecule has 0 radical (unpaired) electrons. The summed E-state index contributed by atoms with van der Waals surface area (Å²) >= 11 is 1.18. The molecule has 1 N–H and O–H groups in total. The van der Waals surface area contributed by atoms with E-state index in [1.165, 1.54) is 18.7 Å². The summed E-state index contributed by atoms with van der Waals surface area (Å²) < 4.78 is 5.61. The number of aromatic nitrogens is 4. The number of carbonyl (C=O) groups is 2. The van der Waals surface area contributed by atoms with Gasteiger partial charge in [0.25, 0.3) is 5.22 Å². The average Bonchev–Trinajstić information content (AvgIpc) is 3.19. The highest BCUT2D eigenvalue weighted by atomic mass is 32.2. The van der Waals surface area contributed by atoms with Gasteiger partial charge in [0.1, 0.15) is 0 Å². The number of ketones is 2. The third-order valence-electron chi connectivity index (χ3n) is 4.00. The molecule has 0 fully saturated rings. The van der Waals surface area contributed by atoms with Crippen LogP contribution in [0.15, 0.2) is 34.2 Å². The lowest BCUT2D eigenvalue weighted by Gasteiger charge is -2.07. The van der Waals surface area contributed by atoms with E-state index in [4.69, 9.17) is 4.42 Å². The van der Waals surface area contributed by atoms with Gasteiger partial charge in [0.2, 0.25) is 5.89 Å². The Morgan fingerprint density at radius 3 is 2.65 bits per heavy atom. The minimum Gasteiger partial charge on any atom is -0.411 e. The molecule has 0 saturated carbocycles. The first-order valence-corrected chi connectivity index (χ1v) is 8.91. The molecule has 1 atom stereocenters. The highest BCUT2D eigenvalue weighted by molar-refractivity contribution is 8.00. The predicted octanol–water partition coefficient (Wildman–Crippen LogP) is 3.64. The highest BCUT2D eigenvalue weighted by Crippen LogP contribution is 2.29. The Morgan fingerprint density at radius 2 is 2.04 bits per heavy atom. The Bertz CT molecular complexity index is 962. The van der Waals surface area contributed by atoms with Crippen LogP contribution in [0.4, 0.5) is 0 Å². The van der Waals surface area contributed by atoms with Crippen LogP contribution in [-0.4, -0.2) is 37.0 Å². The van der Waals surface area contributed by atoms with Gasteiger partial charge in [0.05, 0.1) is 16.5 Å². The second kappa shape index (κ2) is 7.25. The fourth-order valence-corrected chi connectivity index (χ4v) is 3.54. The van der Waals surface area contributed by atoms with Gasteiger partial charge in [-0.25, -0.2) is 0 Å². The topological polar surface area (TPSA) is 102 Å². The second-order valence-corrected chi connectivity index (χ2v) is 7.21. The molecule has 0 aliphatic carbocycles. The van der Waals surface area contributed by atoms with Crippen molar-refractivity contribution >= 4 is 23.3 Å². The summed E-state index contributed by atoms with van der Waals surface area (Å²) in [6, 6.07) is 3.60. The van der Waals surface area contributed by atoms with Gasteiger partial charge in [-0.15, -0.1) is 10.2 Å². The molecule has 0 unspecified atom stereocenters. The molecule has 3 rings (SSSR count). The first kappa shape index (κ1) is 18.1. The predicted molar refractivity (Wildman–Crippen MR) is 97.4 cm³/mol. The number of Topliss-reactive ketones (excluding diaryl/α,β-unsaturated/α-hetero) is 2. The lowest BCUT2D eigenvalue weighted by atomic mass is 10.0. The van der Waals surface area contributed by atoms with E-state index in [1.807, 2.05) is 6.07 Å². The van der Waals surface area contributed by atoms with Crippen molar-refractivity contribution in [1.82, 2.24) is 20.2 Å². The van der Waals surface area contributed by atoms with E-state index in [9.17, 15) is 9.59 Å². The van der Waals surface area contributed by atoms with Crippen molar-refractivity contribution in [2.45, 2.75) is 38.2 Å². The van der Waals surface area contributed by atoms with Gasteiger partial charge in [-0.2, -0.15) is 0 Å². The number of carbonyl (C=O) groups excluding carboxylic acids is 2. The molecule has 0 aliphatic rings. The number of hydrogen-bond acceptors (Lipinski definition) is 7. The van der Waals surface area contributed by atoms with Crippen LogP contribution in [0.2, 0.25) is 0 Å². The van der Waals surface area contributed by atoms with Crippen molar-refractivity contribution in [1.29, 1.82) is 0 Å². The Kier molecular flexibility index (Phi) is 5.03. The number of nitrogens with zero attached hydrogens (tertiary/aromatic N) is 3. The molecule has 0 bridgehead atoms. The Balaban J connectivity index is 1.78. The fourth-order valence-electron chi connectivity index (χ4n) is 2.80. The Labute approximate surface area is 154 Å². The number of H-pyrrole nitrogens is 1. The molecule has 0 aliphatic heterocycles. The van der Waals surface area contributed by atoms with Gasteiger partial charge in [-0.05, 0) is 45.4 Å². The molecule has 3 heterocycles. The van der Waals surface area contributed by atoms with E-state index >= 15 is 0 Å². The average molecular weight is 370 g/mol. The summed E-state index contributed by atoms with van der Waals surface area (Å²) in [6.45, 7) is 6.83. The van der Waals surface area contributed by atoms with Crippen molar-refractivity contribution in [2.24, 2.45) is 0 Å². The van der Waals surface area contributed by atoms with Crippen LogP contribution in [0.3, 0.4) is 0 Å². The van der Waals surface area contributed by atoms with Gasteiger partial charge in [-0.3, -0.25) is 14.6 Å². The summed E-state index contributed by atoms with van der Waals surface area (Å²) in [6.07, 6.45) is 3.29. The first-order chi connectivity index (χ1) is 12.4. The van der Waals surface area contributed by atoms with Gasteiger partial charge >= 0.3 is 0 Å². The minimum absolute atomic E-state index is 0.0615. The number of pyridine rings is 1. The smallest absolute Gasteiger partial charge is 0.277 e. The molecule has 7 nitrogen and oxygen atoms in total. The maximum atomic E-state index is 12.8. The summed E-state index contributed by atoms with van der Waals surface area (Å²) in [5.74, 6) is 0.170. The van der Waals surface area contributed by atoms with Gasteiger partial charge in [0.15, 0.2) is 11.6 Å². The largest absolute Gasteiger partial charge is 0.411 e. The van der Waals surface area contributed by atoms with E-state index in [0.717, 1.165) is 0 Å². The zero-order valence-electron chi connectivity index (χ0n) is 14.9. The van der Waals surface area contributed by atoms with Crippen molar-refractivity contribution in [3.8, 4) is 11.5 Å². The van der Waals surface area contributed by atoms with Crippen molar-refractivity contribution < 1.29 is 14.0 Å². The number of hydrogen-bond donors (Lipinski definition) is 1. The van der Waals surface area contributed by atoms with Crippen LogP contribution in [0.1, 0.15) is 46.0 Å². The maximum absolute atomic E-state index is 12.8. The Morgan fingerprint density at radius 1 is 1.27 bits per heavy atom. The lowest BCUT2D eigenvalue weighted by Crippen LogP contribution is -2.15. The second-order valence-electron chi connectivity index (χ2n) is 5.92. The summed E-state index contributed by atoms with van der Waals surface area (Å²) in [7, 11) is 0. The van der Waals surface area contributed by atoms with E-state index < -0.39 is 5.25 Å². The molecule has 0 aromatic carbocycles. The Hall–Kier alpha value is -2.74. The van der Waals surface area contributed by atoms with E-state index in [-0.39, 0.29) is 11.6 Å². The highest BCUT2D eigenvalue weighted by Gasteiger charge is 2.25. The standard InChI is InChI=1S/C18H18N4O3S/c1-9-14(11(3)23)10(2)20-15(9)16(24)12(4)26-18-22-21-17(25-18)13-6-5-7-19-8-13/h5-8,12,20H,1-4H3/t12-/m1/s1. The molecule has 3 aromatic rings. The lowest BCUT2D eigenvalue weighted by molar-refractivity contribution is 0.0988. The number of thioether (sulfide) groups is 1. The number of aryl methyl sites for hydroxylation is 1. The van der Waals surface area contributed by atoms with Crippen LogP contribution < -0.4 is 0 Å². The van der Waals surface area contributed by atoms with Crippen LogP contribution in [-0.2, 0) is 0 Å². The normalized spacial score (nSPS) is 12.2. The van der Waals surface area contributed by atoms with Crippen LogP contribution in [0.25, 0.3) is 11.5 Å². The zero-order chi connectivity index (χ0) is 18.8. The van der Waals surface area contributed by atoms with Gasteiger partial charge < -0.3 is 9.40 Å². The van der Waals surface area contributed by atoms with E-state index in [0.29, 0.717) is 39.2 Å². The summed E-state index contributed by atoms with van der Waals surface area (Å²) in [4.78, 5) is 31.6. The molecular formula is C18H18N4O3S. The third-order valence-corrected chi connectivity index (χ3v) is 4.93. The van der Waals surface area contributed by atoms with Crippen molar-refractivity contribution in [3.05, 3.63) is 47.0 Å². The quantitative estimate of drug-likeness (QED) is 0.522. The number of rotatable bonds is 6.